The lowest BCUT2D eigenvalue weighted by atomic mass is 9.88. The van der Waals surface area contributed by atoms with Gasteiger partial charge in [-0.1, -0.05) is 30.3 Å². The summed E-state index contributed by atoms with van der Waals surface area (Å²) in [5.74, 6) is 0.903. The first-order valence-corrected chi connectivity index (χ1v) is 17.9. The Balaban J connectivity index is 1.10. The van der Waals surface area contributed by atoms with Crippen molar-refractivity contribution in [3.8, 4) is 28.7 Å². The summed E-state index contributed by atoms with van der Waals surface area (Å²) in [7, 11) is -5.99. The van der Waals surface area contributed by atoms with Crippen molar-refractivity contribution in [2.75, 3.05) is 46.5 Å². The van der Waals surface area contributed by atoms with Gasteiger partial charge in [0.15, 0.2) is 6.61 Å². The molecule has 14 heteroatoms. The Morgan fingerprint density at radius 1 is 0.978 bits per heavy atom. The fraction of sp³-hybridized carbons (Fsp3) is 0.406. The van der Waals surface area contributed by atoms with E-state index >= 15 is 0 Å². The van der Waals surface area contributed by atoms with Crippen LogP contribution >= 0.6 is 0 Å². The molecule has 0 saturated carbocycles. The minimum atomic E-state index is -3.72. The molecule has 46 heavy (non-hydrogen) atoms. The van der Waals surface area contributed by atoms with E-state index in [1.54, 1.807) is 42.5 Å². The number of nitriles is 1. The number of nitrogens with zero attached hydrogens (tertiary/aromatic N) is 2. The molecule has 2 saturated heterocycles. The van der Waals surface area contributed by atoms with Gasteiger partial charge in [-0.05, 0) is 73.8 Å². The standard InChI is InChI=1S/C32H38N4O8S2/c1-34-45(38,39)30-6-3-5-29(19-30)43-23-27(37)21-35-26-20-32(44-22-26)12-15-36(16-13-32)46(40,41)31-7-2-4-25(18-31)24-8-10-28(11-9-24)42-17-14-33/h2-11,18-19,26-27,34-35,37H,12-13,15-17,20-23H2,1H3. The molecule has 0 amide bonds. The molecule has 3 aromatic rings. The van der Waals surface area contributed by atoms with Crippen molar-refractivity contribution < 1.29 is 36.2 Å². The van der Waals surface area contributed by atoms with Crippen LogP contribution in [-0.4, -0.2) is 90.5 Å². The summed E-state index contributed by atoms with van der Waals surface area (Å²) in [6.07, 6.45) is 0.984. The smallest absolute Gasteiger partial charge is 0.243 e. The number of benzene rings is 3. The van der Waals surface area contributed by atoms with Crippen LogP contribution in [0.4, 0.5) is 0 Å². The molecule has 0 aromatic heterocycles. The molecule has 3 N–H and O–H groups in total. The van der Waals surface area contributed by atoms with E-state index in [2.05, 4.69) is 10.0 Å². The Bertz CT molecular complexity index is 1750. The van der Waals surface area contributed by atoms with Gasteiger partial charge in [0.1, 0.15) is 30.3 Å². The zero-order valence-corrected chi connectivity index (χ0v) is 27.1. The van der Waals surface area contributed by atoms with Gasteiger partial charge in [-0.15, -0.1) is 0 Å². The Hall–Kier alpha value is -3.55. The highest BCUT2D eigenvalue weighted by atomic mass is 32.2. The van der Waals surface area contributed by atoms with Crippen LogP contribution in [0.3, 0.4) is 0 Å². The first-order chi connectivity index (χ1) is 22.0. The minimum absolute atomic E-state index is 0.00437. The summed E-state index contributed by atoms with van der Waals surface area (Å²) in [5.41, 5.74) is 1.17. The van der Waals surface area contributed by atoms with Crippen molar-refractivity contribution in [1.82, 2.24) is 14.3 Å². The van der Waals surface area contributed by atoms with Crippen molar-refractivity contribution in [3.05, 3.63) is 72.8 Å². The number of aliphatic hydroxyl groups excluding tert-OH is 1. The average molecular weight is 671 g/mol. The second-order valence-corrected chi connectivity index (χ2v) is 15.2. The normalized spacial score (nSPS) is 19.0. The van der Waals surface area contributed by atoms with Gasteiger partial charge in [0, 0.05) is 31.7 Å². The number of nitrogens with one attached hydrogen (secondary N) is 2. The molecular formula is C32H38N4O8S2. The first-order valence-electron chi connectivity index (χ1n) is 15.0. The van der Waals surface area contributed by atoms with Gasteiger partial charge in [0.25, 0.3) is 0 Å². The van der Waals surface area contributed by atoms with Gasteiger partial charge in [-0.3, -0.25) is 0 Å². The Morgan fingerprint density at radius 2 is 1.70 bits per heavy atom. The van der Waals surface area contributed by atoms with E-state index in [-0.39, 0.29) is 35.6 Å². The Kier molecular flexibility index (Phi) is 10.6. The molecule has 246 valence electrons. The summed E-state index contributed by atoms with van der Waals surface area (Å²) in [4.78, 5) is 0.302. The van der Waals surface area contributed by atoms with Gasteiger partial charge in [0.05, 0.1) is 22.0 Å². The van der Waals surface area contributed by atoms with Crippen LogP contribution in [-0.2, 0) is 24.8 Å². The number of piperidine rings is 1. The van der Waals surface area contributed by atoms with Crippen LogP contribution in [0.5, 0.6) is 11.5 Å². The van der Waals surface area contributed by atoms with Gasteiger partial charge in [-0.25, -0.2) is 21.6 Å². The minimum Gasteiger partial charge on any atom is -0.491 e. The Morgan fingerprint density at radius 3 is 2.41 bits per heavy atom. The molecule has 0 radical (unpaired) electrons. The SMILES string of the molecule is CNS(=O)(=O)c1cccc(OCC(O)CNC2COC3(CCN(S(=O)(=O)c4cccc(-c5ccc(OCC#N)cc5)c4)CC3)C2)c1. The lowest BCUT2D eigenvalue weighted by molar-refractivity contribution is -0.0312. The van der Waals surface area contributed by atoms with Crippen molar-refractivity contribution in [1.29, 1.82) is 5.26 Å². The molecule has 1 spiro atoms. The number of rotatable bonds is 13. The molecule has 12 nitrogen and oxygen atoms in total. The van der Waals surface area contributed by atoms with E-state index in [1.165, 1.54) is 23.5 Å². The van der Waals surface area contributed by atoms with E-state index in [0.717, 1.165) is 11.1 Å². The largest absolute Gasteiger partial charge is 0.491 e. The molecule has 2 atom stereocenters. The van der Waals surface area contributed by atoms with E-state index in [0.29, 0.717) is 50.5 Å². The monoisotopic (exact) mass is 670 g/mol. The lowest BCUT2D eigenvalue weighted by Crippen LogP contribution is -2.47. The van der Waals surface area contributed by atoms with Crippen LogP contribution < -0.4 is 19.5 Å². The van der Waals surface area contributed by atoms with Crippen molar-refractivity contribution in [2.45, 2.75) is 46.8 Å². The lowest BCUT2D eigenvalue weighted by Gasteiger charge is -2.38. The predicted octanol–water partition coefficient (Wildman–Crippen LogP) is 2.51. The maximum atomic E-state index is 13.6. The summed E-state index contributed by atoms with van der Waals surface area (Å²) in [6, 6.07) is 22.0. The zero-order chi connectivity index (χ0) is 32.8. The fourth-order valence-electron chi connectivity index (χ4n) is 5.71. The molecule has 2 aliphatic heterocycles. The van der Waals surface area contributed by atoms with Crippen LogP contribution in [0.2, 0.25) is 0 Å². The quantitative estimate of drug-likeness (QED) is 0.246. The molecule has 2 fully saturated rings. The van der Waals surface area contributed by atoms with Crippen LogP contribution in [0.15, 0.2) is 82.6 Å². The predicted molar refractivity (Wildman–Crippen MR) is 170 cm³/mol. The van der Waals surface area contributed by atoms with E-state index in [4.69, 9.17) is 19.5 Å². The van der Waals surface area contributed by atoms with Crippen molar-refractivity contribution in [3.63, 3.8) is 0 Å². The number of sulfonamides is 2. The molecule has 2 unspecified atom stereocenters. The maximum Gasteiger partial charge on any atom is 0.243 e. The summed E-state index contributed by atoms with van der Waals surface area (Å²) in [5, 5.41) is 22.5. The number of hydrogen-bond donors (Lipinski definition) is 3. The molecule has 0 bridgehead atoms. The van der Waals surface area contributed by atoms with E-state index < -0.39 is 31.8 Å². The zero-order valence-electron chi connectivity index (χ0n) is 25.5. The molecular weight excluding hydrogens is 633 g/mol. The highest BCUT2D eigenvalue weighted by molar-refractivity contribution is 7.89. The van der Waals surface area contributed by atoms with Crippen molar-refractivity contribution in [2.24, 2.45) is 0 Å². The highest BCUT2D eigenvalue weighted by Crippen LogP contribution is 2.38. The summed E-state index contributed by atoms with van der Waals surface area (Å²) in [6.45, 7) is 1.31. The first kappa shape index (κ1) is 33.8. The third kappa shape index (κ3) is 8.05. The topological polar surface area (TPSA) is 167 Å². The second-order valence-electron chi connectivity index (χ2n) is 11.4. The van der Waals surface area contributed by atoms with Gasteiger partial charge in [-0.2, -0.15) is 9.57 Å². The number of hydrogen-bond acceptors (Lipinski definition) is 10. The van der Waals surface area contributed by atoms with Gasteiger partial charge in [0.2, 0.25) is 20.0 Å². The van der Waals surface area contributed by atoms with Crippen LogP contribution in [0, 0.1) is 11.3 Å². The Labute approximate surface area is 270 Å². The number of ether oxygens (including phenoxy) is 3. The maximum absolute atomic E-state index is 13.6. The van der Waals surface area contributed by atoms with Gasteiger partial charge >= 0.3 is 0 Å². The number of aliphatic hydroxyl groups is 1. The van der Waals surface area contributed by atoms with Crippen molar-refractivity contribution >= 4 is 20.0 Å². The molecule has 2 heterocycles. The third-order valence-electron chi connectivity index (χ3n) is 8.27. The summed E-state index contributed by atoms with van der Waals surface area (Å²) < 4.78 is 72.1. The molecule has 5 rings (SSSR count). The third-order valence-corrected chi connectivity index (χ3v) is 11.6. The average Bonchev–Trinajstić information content (AvgIpc) is 3.47. The second kappa shape index (κ2) is 14.5. The fourth-order valence-corrected chi connectivity index (χ4v) is 7.96. The van der Waals surface area contributed by atoms with Crippen LogP contribution in [0.1, 0.15) is 19.3 Å². The molecule has 3 aromatic carbocycles. The van der Waals surface area contributed by atoms with Gasteiger partial charge < -0.3 is 24.6 Å². The molecule has 0 aliphatic carbocycles. The molecule has 2 aliphatic rings. The van der Waals surface area contributed by atoms with E-state index in [1.807, 2.05) is 24.3 Å². The summed E-state index contributed by atoms with van der Waals surface area (Å²) >= 11 is 0. The van der Waals surface area contributed by atoms with Crippen LogP contribution in [0.25, 0.3) is 11.1 Å². The van der Waals surface area contributed by atoms with E-state index in [9.17, 15) is 21.9 Å². The highest BCUT2D eigenvalue weighted by Gasteiger charge is 2.44.